The van der Waals surface area contributed by atoms with Crippen molar-refractivity contribution >= 4 is 22.7 Å². The molecular formula is C22H21N3O3. The average Bonchev–Trinajstić information content (AvgIpc) is 3.28. The van der Waals surface area contributed by atoms with Crippen molar-refractivity contribution in [3.05, 3.63) is 53.6 Å². The number of ether oxygens (including phenoxy) is 2. The van der Waals surface area contributed by atoms with Gasteiger partial charge in [-0.25, -0.2) is 4.79 Å². The van der Waals surface area contributed by atoms with Gasteiger partial charge in [0.1, 0.15) is 12.2 Å². The Kier molecular flexibility index (Phi) is 4.76. The molecule has 4 rings (SSSR count). The normalized spacial score (nSPS) is 16.1. The number of aromatic nitrogens is 1. The number of nitriles is 1. The van der Waals surface area contributed by atoms with E-state index in [9.17, 15) is 10.1 Å². The van der Waals surface area contributed by atoms with Gasteiger partial charge in [0.2, 0.25) is 0 Å². The molecule has 1 aliphatic rings. The Hall–Kier alpha value is -3.30. The van der Waals surface area contributed by atoms with E-state index in [1.807, 2.05) is 48.9 Å². The van der Waals surface area contributed by atoms with Crippen molar-refractivity contribution in [1.29, 1.82) is 5.26 Å². The summed E-state index contributed by atoms with van der Waals surface area (Å²) in [4.78, 5) is 12.1. The van der Waals surface area contributed by atoms with Gasteiger partial charge in [-0.1, -0.05) is 24.3 Å². The molecule has 2 aromatic carbocycles. The molecular weight excluding hydrogens is 354 g/mol. The Bertz CT molecular complexity index is 1090. The van der Waals surface area contributed by atoms with Gasteiger partial charge < -0.3 is 14.0 Å². The van der Waals surface area contributed by atoms with Crippen LogP contribution in [0.2, 0.25) is 0 Å². The Morgan fingerprint density at radius 1 is 1.32 bits per heavy atom. The summed E-state index contributed by atoms with van der Waals surface area (Å²) < 4.78 is 12.6. The number of benzene rings is 2. The summed E-state index contributed by atoms with van der Waals surface area (Å²) >= 11 is 0. The van der Waals surface area contributed by atoms with E-state index in [0.29, 0.717) is 30.9 Å². The average molecular weight is 375 g/mol. The van der Waals surface area contributed by atoms with E-state index >= 15 is 0 Å². The number of carbonyl (C=O) groups is 1. The molecule has 2 heterocycles. The number of aryl methyl sites for hydroxylation is 2. The second kappa shape index (κ2) is 7.37. The molecule has 142 valence electrons. The summed E-state index contributed by atoms with van der Waals surface area (Å²) in [5.74, 6) is 0. The molecule has 0 aliphatic carbocycles. The standard InChI is InChI=1S/C22H21N3O3/c1-14-6-7-18-19(12-23)21(25(2)20(18)10-14)15-4-3-5-16(11-15)24-22(26)28-17-8-9-27-13-17/h3-7,10-11,17H,8-9,13H2,1-2H3,(H,24,26). The van der Waals surface area contributed by atoms with Gasteiger partial charge in [0.15, 0.2) is 0 Å². The summed E-state index contributed by atoms with van der Waals surface area (Å²) in [5, 5.41) is 13.5. The lowest BCUT2D eigenvalue weighted by Crippen LogP contribution is -2.22. The summed E-state index contributed by atoms with van der Waals surface area (Å²) in [5.41, 5.74) is 5.06. The van der Waals surface area contributed by atoms with Crippen molar-refractivity contribution in [3.63, 3.8) is 0 Å². The van der Waals surface area contributed by atoms with Crippen molar-refractivity contribution < 1.29 is 14.3 Å². The highest BCUT2D eigenvalue weighted by Gasteiger charge is 2.20. The quantitative estimate of drug-likeness (QED) is 0.738. The van der Waals surface area contributed by atoms with Crippen LogP contribution in [-0.2, 0) is 16.5 Å². The first kappa shape index (κ1) is 18.1. The number of amides is 1. The molecule has 1 unspecified atom stereocenters. The Labute approximate surface area is 163 Å². The van der Waals surface area contributed by atoms with Crippen LogP contribution in [0.3, 0.4) is 0 Å². The molecule has 6 heteroatoms. The van der Waals surface area contributed by atoms with Gasteiger partial charge in [0.25, 0.3) is 0 Å². The van der Waals surface area contributed by atoms with Crippen LogP contribution in [0.5, 0.6) is 0 Å². The van der Waals surface area contributed by atoms with Crippen LogP contribution in [0.15, 0.2) is 42.5 Å². The minimum Gasteiger partial charge on any atom is -0.443 e. The highest BCUT2D eigenvalue weighted by Crippen LogP contribution is 2.34. The molecule has 1 atom stereocenters. The van der Waals surface area contributed by atoms with E-state index < -0.39 is 6.09 Å². The van der Waals surface area contributed by atoms with Gasteiger partial charge in [-0.3, -0.25) is 5.32 Å². The van der Waals surface area contributed by atoms with Crippen molar-refractivity contribution in [1.82, 2.24) is 4.57 Å². The summed E-state index contributed by atoms with van der Waals surface area (Å²) in [7, 11) is 1.95. The van der Waals surface area contributed by atoms with Gasteiger partial charge in [-0.15, -0.1) is 0 Å². The highest BCUT2D eigenvalue weighted by atomic mass is 16.6. The predicted molar refractivity (Wildman–Crippen MR) is 107 cm³/mol. The number of hydrogen-bond donors (Lipinski definition) is 1. The van der Waals surface area contributed by atoms with E-state index in [-0.39, 0.29) is 6.10 Å². The first-order valence-electron chi connectivity index (χ1n) is 9.22. The van der Waals surface area contributed by atoms with Crippen molar-refractivity contribution in [3.8, 4) is 17.3 Å². The summed E-state index contributed by atoms with van der Waals surface area (Å²) in [6.07, 6.45) is 0.0181. The number of rotatable bonds is 3. The number of fused-ring (bicyclic) bond motifs is 1. The molecule has 0 bridgehead atoms. The Morgan fingerprint density at radius 2 is 2.18 bits per heavy atom. The van der Waals surface area contributed by atoms with Crippen molar-refractivity contribution in [2.45, 2.75) is 19.4 Å². The maximum Gasteiger partial charge on any atom is 0.411 e. The number of anilines is 1. The molecule has 6 nitrogen and oxygen atoms in total. The van der Waals surface area contributed by atoms with Gasteiger partial charge in [-0.2, -0.15) is 5.26 Å². The monoisotopic (exact) mass is 375 g/mol. The number of nitrogens with zero attached hydrogens (tertiary/aromatic N) is 2. The zero-order valence-electron chi connectivity index (χ0n) is 15.9. The molecule has 0 radical (unpaired) electrons. The van der Waals surface area contributed by atoms with E-state index in [4.69, 9.17) is 9.47 Å². The van der Waals surface area contributed by atoms with Crippen molar-refractivity contribution in [2.24, 2.45) is 7.05 Å². The molecule has 1 amide bonds. The fourth-order valence-electron chi connectivity index (χ4n) is 3.65. The van der Waals surface area contributed by atoms with Crippen LogP contribution in [0.25, 0.3) is 22.2 Å². The topological polar surface area (TPSA) is 76.3 Å². The van der Waals surface area contributed by atoms with Gasteiger partial charge >= 0.3 is 6.09 Å². The highest BCUT2D eigenvalue weighted by molar-refractivity contribution is 5.95. The third-order valence-corrected chi connectivity index (χ3v) is 5.01. The van der Waals surface area contributed by atoms with E-state index in [0.717, 1.165) is 27.7 Å². The van der Waals surface area contributed by atoms with Crippen LogP contribution in [0, 0.1) is 18.3 Å². The van der Waals surface area contributed by atoms with Crippen LogP contribution >= 0.6 is 0 Å². The van der Waals surface area contributed by atoms with E-state index in [1.165, 1.54) is 0 Å². The molecule has 1 saturated heterocycles. The fourth-order valence-corrected chi connectivity index (χ4v) is 3.65. The van der Waals surface area contributed by atoms with Crippen LogP contribution in [0.4, 0.5) is 10.5 Å². The van der Waals surface area contributed by atoms with Crippen molar-refractivity contribution in [2.75, 3.05) is 18.5 Å². The molecule has 3 aromatic rings. The summed E-state index contributed by atoms with van der Waals surface area (Å²) in [6, 6.07) is 15.8. The van der Waals surface area contributed by atoms with E-state index in [2.05, 4.69) is 17.5 Å². The smallest absolute Gasteiger partial charge is 0.411 e. The third kappa shape index (κ3) is 3.32. The Balaban J connectivity index is 1.67. The lowest BCUT2D eigenvalue weighted by Gasteiger charge is -2.12. The zero-order chi connectivity index (χ0) is 19.7. The maximum atomic E-state index is 12.1. The molecule has 28 heavy (non-hydrogen) atoms. The van der Waals surface area contributed by atoms with Crippen LogP contribution in [0.1, 0.15) is 17.5 Å². The fraction of sp³-hybridized carbons (Fsp3) is 0.273. The van der Waals surface area contributed by atoms with E-state index in [1.54, 1.807) is 6.07 Å². The molecule has 1 aliphatic heterocycles. The molecule has 0 spiro atoms. The third-order valence-electron chi connectivity index (χ3n) is 5.01. The molecule has 1 aromatic heterocycles. The predicted octanol–water partition coefficient (Wildman–Crippen LogP) is 4.36. The molecule has 1 fully saturated rings. The zero-order valence-corrected chi connectivity index (χ0v) is 15.9. The van der Waals surface area contributed by atoms with Gasteiger partial charge in [0, 0.05) is 35.6 Å². The first-order valence-corrected chi connectivity index (χ1v) is 9.22. The van der Waals surface area contributed by atoms with Gasteiger partial charge in [-0.05, 0) is 30.7 Å². The maximum absolute atomic E-state index is 12.1. The second-order valence-corrected chi connectivity index (χ2v) is 7.01. The van der Waals surface area contributed by atoms with Crippen LogP contribution in [-0.4, -0.2) is 30.0 Å². The minimum atomic E-state index is -0.499. The summed E-state index contributed by atoms with van der Waals surface area (Å²) in [6.45, 7) is 3.09. The first-order chi connectivity index (χ1) is 13.6. The van der Waals surface area contributed by atoms with Gasteiger partial charge in [0.05, 0.1) is 24.5 Å². The number of hydrogen-bond acceptors (Lipinski definition) is 4. The Morgan fingerprint density at radius 3 is 2.93 bits per heavy atom. The largest absolute Gasteiger partial charge is 0.443 e. The lowest BCUT2D eigenvalue weighted by molar-refractivity contribution is 0.0932. The van der Waals surface area contributed by atoms with Crippen LogP contribution < -0.4 is 5.32 Å². The number of nitrogens with one attached hydrogen (secondary N) is 1. The lowest BCUT2D eigenvalue weighted by atomic mass is 10.0. The SMILES string of the molecule is Cc1ccc2c(C#N)c(-c3cccc(NC(=O)OC4CCOC4)c3)n(C)c2c1. The second-order valence-electron chi connectivity index (χ2n) is 7.01. The molecule has 1 N–H and O–H groups in total. The number of carbonyl (C=O) groups excluding carboxylic acids is 1. The molecule has 0 saturated carbocycles. The minimum absolute atomic E-state index is 0.199.